The standard InChI is InChI=1S/C10H16N2O2/c1-9(2)3-5-10(6-4-9)7(11)12-8(13)14-10/h3-6H2,1-2H3,(H2,11,12,13). The molecule has 0 aromatic rings. The van der Waals surface area contributed by atoms with Crippen molar-refractivity contribution in [2.45, 2.75) is 45.1 Å². The van der Waals surface area contributed by atoms with Crippen LogP contribution in [0.1, 0.15) is 39.5 Å². The lowest BCUT2D eigenvalue weighted by molar-refractivity contribution is 0.0235. The number of nitrogens with two attached hydrogens (primary N) is 1. The maximum absolute atomic E-state index is 11.0. The topological polar surface area (TPSA) is 64.7 Å². The van der Waals surface area contributed by atoms with Crippen LogP contribution in [0.5, 0.6) is 0 Å². The highest BCUT2D eigenvalue weighted by Crippen LogP contribution is 2.43. The Morgan fingerprint density at radius 1 is 1.29 bits per heavy atom. The minimum absolute atomic E-state index is 0.334. The molecule has 1 saturated carbocycles. The van der Waals surface area contributed by atoms with Gasteiger partial charge in [-0.1, -0.05) is 13.8 Å². The van der Waals surface area contributed by atoms with Gasteiger partial charge in [0.2, 0.25) is 0 Å². The molecule has 0 saturated heterocycles. The van der Waals surface area contributed by atoms with Gasteiger partial charge in [0, 0.05) is 0 Å². The van der Waals surface area contributed by atoms with Gasteiger partial charge in [-0.2, -0.15) is 4.99 Å². The van der Waals surface area contributed by atoms with E-state index in [1.54, 1.807) is 0 Å². The van der Waals surface area contributed by atoms with E-state index in [-0.39, 0.29) is 0 Å². The quantitative estimate of drug-likeness (QED) is 0.642. The van der Waals surface area contributed by atoms with Gasteiger partial charge < -0.3 is 10.5 Å². The average molecular weight is 196 g/mol. The first kappa shape index (κ1) is 9.49. The first-order chi connectivity index (χ1) is 6.44. The summed E-state index contributed by atoms with van der Waals surface area (Å²) in [6.45, 7) is 4.45. The van der Waals surface area contributed by atoms with Gasteiger partial charge in [-0.3, -0.25) is 0 Å². The second kappa shape index (κ2) is 2.72. The second-order valence-electron chi connectivity index (χ2n) is 5.02. The summed E-state index contributed by atoms with van der Waals surface area (Å²) in [6.07, 6.45) is 3.14. The van der Waals surface area contributed by atoms with Crippen molar-refractivity contribution in [2.75, 3.05) is 0 Å². The van der Waals surface area contributed by atoms with Crippen LogP contribution < -0.4 is 5.73 Å². The van der Waals surface area contributed by atoms with Gasteiger partial charge in [0.05, 0.1) is 0 Å². The molecule has 78 valence electrons. The molecular formula is C10H16N2O2. The summed E-state index contributed by atoms with van der Waals surface area (Å²) in [7, 11) is 0. The van der Waals surface area contributed by atoms with Crippen LogP contribution in [0.3, 0.4) is 0 Å². The van der Waals surface area contributed by atoms with E-state index in [4.69, 9.17) is 10.5 Å². The summed E-state index contributed by atoms with van der Waals surface area (Å²) in [5, 5.41) is 0. The maximum atomic E-state index is 11.0. The first-order valence-corrected chi connectivity index (χ1v) is 5.01. The number of nitrogens with zero attached hydrogens (tertiary/aromatic N) is 1. The molecule has 0 atom stereocenters. The molecule has 2 rings (SSSR count). The largest absolute Gasteiger partial charge is 0.436 e. The lowest BCUT2D eigenvalue weighted by Crippen LogP contribution is -2.47. The fourth-order valence-electron chi connectivity index (χ4n) is 2.13. The van der Waals surface area contributed by atoms with Gasteiger partial charge in [-0.15, -0.1) is 0 Å². The van der Waals surface area contributed by atoms with Crippen molar-refractivity contribution in [1.82, 2.24) is 0 Å². The highest BCUT2D eigenvalue weighted by atomic mass is 16.6. The zero-order valence-electron chi connectivity index (χ0n) is 8.67. The number of hydrogen-bond acceptors (Lipinski definition) is 3. The van der Waals surface area contributed by atoms with Crippen molar-refractivity contribution < 1.29 is 9.53 Å². The first-order valence-electron chi connectivity index (χ1n) is 5.01. The summed E-state index contributed by atoms with van der Waals surface area (Å²) in [4.78, 5) is 14.6. The average Bonchev–Trinajstić information content (AvgIpc) is 2.35. The van der Waals surface area contributed by atoms with E-state index in [1.807, 2.05) is 0 Å². The van der Waals surface area contributed by atoms with E-state index in [0.717, 1.165) is 25.7 Å². The number of aliphatic imine (C=N–C) groups is 1. The molecule has 1 amide bonds. The fraction of sp³-hybridized carbons (Fsp3) is 0.800. The Balaban J connectivity index is 2.15. The number of amides is 1. The zero-order valence-corrected chi connectivity index (χ0v) is 8.67. The normalized spacial score (nSPS) is 28.7. The lowest BCUT2D eigenvalue weighted by atomic mass is 9.70. The van der Waals surface area contributed by atoms with Crippen LogP contribution in [0.25, 0.3) is 0 Å². The minimum Gasteiger partial charge on any atom is -0.433 e. The number of rotatable bonds is 0. The summed E-state index contributed by atoms with van der Waals surface area (Å²) in [5.74, 6) is 0.373. The molecule has 1 aliphatic carbocycles. The van der Waals surface area contributed by atoms with E-state index in [0.29, 0.717) is 11.3 Å². The molecule has 4 nitrogen and oxygen atoms in total. The number of carbonyl (C=O) groups is 1. The molecular weight excluding hydrogens is 180 g/mol. The van der Waals surface area contributed by atoms with Gasteiger partial charge in [-0.25, -0.2) is 4.79 Å². The van der Waals surface area contributed by atoms with Crippen LogP contribution in [0.4, 0.5) is 4.79 Å². The predicted octanol–water partition coefficient (Wildman–Crippen LogP) is 1.83. The molecule has 0 unspecified atom stereocenters. The Hall–Kier alpha value is -1.06. The summed E-state index contributed by atoms with van der Waals surface area (Å²) < 4.78 is 5.23. The molecule has 0 bridgehead atoms. The molecule has 1 fully saturated rings. The smallest absolute Gasteiger partial charge is 0.433 e. The fourth-order valence-corrected chi connectivity index (χ4v) is 2.13. The van der Waals surface area contributed by atoms with Crippen molar-refractivity contribution in [3.8, 4) is 0 Å². The third kappa shape index (κ3) is 1.38. The monoisotopic (exact) mass is 196 g/mol. The van der Waals surface area contributed by atoms with Crippen LogP contribution in [0.15, 0.2) is 4.99 Å². The lowest BCUT2D eigenvalue weighted by Gasteiger charge is -2.39. The maximum Gasteiger partial charge on any atom is 0.436 e. The third-order valence-electron chi connectivity index (χ3n) is 3.37. The number of hydrogen-bond donors (Lipinski definition) is 1. The second-order valence-corrected chi connectivity index (χ2v) is 5.02. The Labute approximate surface area is 83.5 Å². The van der Waals surface area contributed by atoms with Gasteiger partial charge in [-0.05, 0) is 31.1 Å². The van der Waals surface area contributed by atoms with Crippen LogP contribution in [0, 0.1) is 5.41 Å². The van der Waals surface area contributed by atoms with Gasteiger partial charge in [0.15, 0.2) is 11.4 Å². The van der Waals surface area contributed by atoms with Crippen molar-refractivity contribution in [1.29, 1.82) is 0 Å². The van der Waals surface area contributed by atoms with Gasteiger partial charge in [0.25, 0.3) is 0 Å². The Morgan fingerprint density at radius 2 is 1.86 bits per heavy atom. The van der Waals surface area contributed by atoms with Crippen molar-refractivity contribution in [3.63, 3.8) is 0 Å². The zero-order chi connectivity index (χ0) is 10.4. The van der Waals surface area contributed by atoms with Crippen LogP contribution in [-0.4, -0.2) is 17.5 Å². The molecule has 2 N–H and O–H groups in total. The SMILES string of the molecule is CC1(C)CCC2(CC1)OC(=O)N=C2N. The Morgan fingerprint density at radius 3 is 2.29 bits per heavy atom. The van der Waals surface area contributed by atoms with Crippen molar-refractivity contribution in [3.05, 3.63) is 0 Å². The van der Waals surface area contributed by atoms with Crippen molar-refractivity contribution in [2.24, 2.45) is 16.1 Å². The van der Waals surface area contributed by atoms with E-state index >= 15 is 0 Å². The molecule has 2 aliphatic rings. The van der Waals surface area contributed by atoms with E-state index in [9.17, 15) is 4.79 Å². The van der Waals surface area contributed by atoms with Gasteiger partial charge >= 0.3 is 6.09 Å². The summed E-state index contributed by atoms with van der Waals surface area (Å²) in [5.41, 5.74) is 5.50. The molecule has 14 heavy (non-hydrogen) atoms. The van der Waals surface area contributed by atoms with Crippen LogP contribution in [-0.2, 0) is 4.74 Å². The Bertz CT molecular complexity index is 297. The number of ether oxygens (including phenoxy) is 1. The van der Waals surface area contributed by atoms with Crippen molar-refractivity contribution >= 4 is 11.9 Å². The molecule has 1 spiro atoms. The molecule has 0 aromatic carbocycles. The number of carbonyl (C=O) groups excluding carboxylic acids is 1. The van der Waals surface area contributed by atoms with E-state index < -0.39 is 11.7 Å². The van der Waals surface area contributed by atoms with E-state index in [1.165, 1.54) is 0 Å². The Kier molecular flexibility index (Phi) is 1.84. The number of amidine groups is 1. The van der Waals surface area contributed by atoms with Gasteiger partial charge in [0.1, 0.15) is 0 Å². The summed E-state index contributed by atoms with van der Waals surface area (Å²) in [6, 6.07) is 0. The highest BCUT2D eigenvalue weighted by molar-refractivity contribution is 6.01. The minimum atomic E-state index is -0.563. The molecule has 4 heteroatoms. The van der Waals surface area contributed by atoms with Crippen LogP contribution in [0.2, 0.25) is 0 Å². The third-order valence-corrected chi connectivity index (χ3v) is 3.37. The van der Waals surface area contributed by atoms with E-state index in [2.05, 4.69) is 18.8 Å². The highest BCUT2D eigenvalue weighted by Gasteiger charge is 2.47. The molecule has 0 aromatic heterocycles. The van der Waals surface area contributed by atoms with Crippen LogP contribution >= 0.6 is 0 Å². The molecule has 1 heterocycles. The molecule has 1 aliphatic heterocycles. The summed E-state index contributed by atoms with van der Waals surface area (Å²) >= 11 is 0. The molecule has 0 radical (unpaired) electrons. The predicted molar refractivity (Wildman–Crippen MR) is 53.1 cm³/mol.